The largest absolute Gasteiger partial charge is 0.423 e. The van der Waals surface area contributed by atoms with E-state index in [1.807, 2.05) is 43.3 Å². The summed E-state index contributed by atoms with van der Waals surface area (Å²) in [7, 11) is 0. The van der Waals surface area contributed by atoms with E-state index in [4.69, 9.17) is 4.74 Å². The van der Waals surface area contributed by atoms with E-state index in [-0.39, 0.29) is 23.4 Å². The summed E-state index contributed by atoms with van der Waals surface area (Å²) < 4.78 is 5.76. The van der Waals surface area contributed by atoms with Gasteiger partial charge in [-0.15, -0.1) is 0 Å². The van der Waals surface area contributed by atoms with Gasteiger partial charge in [-0.3, -0.25) is 0 Å². The molecule has 1 aliphatic carbocycles. The highest BCUT2D eigenvalue weighted by molar-refractivity contribution is 5.95. The number of ether oxygens (including phenoxy) is 1. The predicted octanol–water partition coefficient (Wildman–Crippen LogP) is 5.93. The second-order valence-electron chi connectivity index (χ2n) is 9.29. The highest BCUT2D eigenvalue weighted by Gasteiger charge is 2.37. The zero-order chi connectivity index (χ0) is 21.2. The monoisotopic (exact) mass is 392 g/mol. The normalized spacial score (nSPS) is 17.5. The summed E-state index contributed by atoms with van der Waals surface area (Å²) in [5, 5.41) is 9.17. The summed E-state index contributed by atoms with van der Waals surface area (Å²) in [5.41, 5.74) is 5.24. The van der Waals surface area contributed by atoms with Crippen LogP contribution in [0.5, 0.6) is 5.75 Å². The molecule has 0 aliphatic heterocycles. The van der Waals surface area contributed by atoms with Crippen LogP contribution in [0.1, 0.15) is 76.1 Å². The van der Waals surface area contributed by atoms with Crippen molar-refractivity contribution in [3.05, 3.63) is 70.3 Å². The van der Waals surface area contributed by atoms with Crippen LogP contribution < -0.4 is 4.74 Å². The van der Waals surface area contributed by atoms with Crippen molar-refractivity contribution >= 4 is 12.0 Å². The first kappa shape index (κ1) is 21.3. The second-order valence-corrected chi connectivity index (χ2v) is 9.29. The zero-order valence-electron chi connectivity index (χ0n) is 18.2. The van der Waals surface area contributed by atoms with Crippen molar-refractivity contribution in [1.82, 2.24) is 0 Å². The van der Waals surface area contributed by atoms with Crippen LogP contribution in [0.25, 0.3) is 6.08 Å². The molecule has 0 fully saturated rings. The molecule has 0 bridgehead atoms. The van der Waals surface area contributed by atoms with Gasteiger partial charge in [0.05, 0.1) is 6.61 Å². The summed E-state index contributed by atoms with van der Waals surface area (Å²) in [6.07, 6.45) is 4.72. The van der Waals surface area contributed by atoms with Gasteiger partial charge in [-0.05, 0) is 70.6 Å². The van der Waals surface area contributed by atoms with Gasteiger partial charge < -0.3 is 9.84 Å². The molecule has 0 spiro atoms. The van der Waals surface area contributed by atoms with Crippen molar-refractivity contribution in [2.24, 2.45) is 0 Å². The standard InChI is InChI=1S/C26H32O3/c1-6-20(15-18-7-9-19(17-27)10-8-18)24(28)29-21-11-12-22-23(16-21)26(4,5)14-13-25(22,2)3/h7-12,15-16,27H,6,13-14,17H2,1-5H3/b20-15+. The highest BCUT2D eigenvalue weighted by atomic mass is 16.5. The number of hydrogen-bond donors (Lipinski definition) is 1. The number of fused-ring (bicyclic) bond motifs is 1. The molecule has 0 saturated carbocycles. The van der Waals surface area contributed by atoms with Gasteiger partial charge >= 0.3 is 5.97 Å². The number of esters is 1. The third-order valence-corrected chi connectivity index (χ3v) is 6.18. The van der Waals surface area contributed by atoms with E-state index in [1.54, 1.807) is 0 Å². The maximum absolute atomic E-state index is 12.8. The van der Waals surface area contributed by atoms with Crippen LogP contribution in [0.15, 0.2) is 48.0 Å². The molecule has 29 heavy (non-hydrogen) atoms. The minimum Gasteiger partial charge on any atom is -0.423 e. The van der Waals surface area contributed by atoms with Crippen molar-refractivity contribution in [1.29, 1.82) is 0 Å². The lowest BCUT2D eigenvalue weighted by Crippen LogP contribution is -2.33. The van der Waals surface area contributed by atoms with Crippen molar-refractivity contribution < 1.29 is 14.6 Å². The zero-order valence-corrected chi connectivity index (χ0v) is 18.2. The van der Waals surface area contributed by atoms with E-state index < -0.39 is 0 Å². The second kappa shape index (κ2) is 8.16. The highest BCUT2D eigenvalue weighted by Crippen LogP contribution is 2.46. The Balaban J connectivity index is 1.85. The van der Waals surface area contributed by atoms with Crippen LogP contribution in [0.4, 0.5) is 0 Å². The lowest BCUT2D eigenvalue weighted by Gasteiger charge is -2.41. The van der Waals surface area contributed by atoms with Crippen molar-refractivity contribution in [2.75, 3.05) is 0 Å². The fourth-order valence-electron chi connectivity index (χ4n) is 4.03. The first-order valence-electron chi connectivity index (χ1n) is 10.4. The quantitative estimate of drug-likeness (QED) is 0.390. The molecule has 0 saturated heterocycles. The molecule has 154 valence electrons. The SMILES string of the molecule is CC/C(=C\c1ccc(CO)cc1)C(=O)Oc1ccc2c(c1)C(C)(C)CCC2(C)C. The smallest absolute Gasteiger partial charge is 0.339 e. The van der Waals surface area contributed by atoms with E-state index in [0.717, 1.165) is 24.0 Å². The molecule has 1 N–H and O–H groups in total. The fraction of sp³-hybridized carbons (Fsp3) is 0.423. The average molecular weight is 393 g/mol. The van der Waals surface area contributed by atoms with Gasteiger partial charge in [0.15, 0.2) is 0 Å². The van der Waals surface area contributed by atoms with Crippen LogP contribution >= 0.6 is 0 Å². The van der Waals surface area contributed by atoms with Crippen LogP contribution in [0, 0.1) is 0 Å². The summed E-state index contributed by atoms with van der Waals surface area (Å²) in [6, 6.07) is 13.6. The van der Waals surface area contributed by atoms with Crippen molar-refractivity contribution in [3.63, 3.8) is 0 Å². The maximum Gasteiger partial charge on any atom is 0.339 e. The van der Waals surface area contributed by atoms with Gasteiger partial charge in [-0.2, -0.15) is 0 Å². The molecular formula is C26H32O3. The molecule has 2 aromatic rings. The Hall–Kier alpha value is -2.39. The lowest BCUT2D eigenvalue weighted by atomic mass is 9.63. The van der Waals surface area contributed by atoms with E-state index in [0.29, 0.717) is 17.7 Å². The molecule has 3 rings (SSSR count). The lowest BCUT2D eigenvalue weighted by molar-refractivity contribution is -0.130. The summed E-state index contributed by atoms with van der Waals surface area (Å²) in [6.45, 7) is 11.1. The minimum absolute atomic E-state index is 0.0121. The van der Waals surface area contributed by atoms with Gasteiger partial charge in [0, 0.05) is 5.57 Å². The molecule has 1 aliphatic rings. The minimum atomic E-state index is -0.313. The van der Waals surface area contributed by atoms with Crippen molar-refractivity contribution in [2.45, 2.75) is 71.3 Å². The summed E-state index contributed by atoms with van der Waals surface area (Å²) in [4.78, 5) is 12.8. The first-order chi connectivity index (χ1) is 13.7. The van der Waals surface area contributed by atoms with E-state index in [9.17, 15) is 9.90 Å². The summed E-state index contributed by atoms with van der Waals surface area (Å²) >= 11 is 0. The molecule has 0 aromatic heterocycles. The third kappa shape index (κ3) is 4.62. The van der Waals surface area contributed by atoms with Gasteiger partial charge in [-0.1, -0.05) is 65.0 Å². The number of rotatable bonds is 5. The van der Waals surface area contributed by atoms with Crippen LogP contribution in [-0.4, -0.2) is 11.1 Å². The Morgan fingerprint density at radius 3 is 2.21 bits per heavy atom. The van der Waals surface area contributed by atoms with Gasteiger partial charge in [0.2, 0.25) is 0 Å². The Labute approximate surface area is 174 Å². The Kier molecular flexibility index (Phi) is 6.00. The Morgan fingerprint density at radius 1 is 1.00 bits per heavy atom. The first-order valence-corrected chi connectivity index (χ1v) is 10.4. The number of carbonyl (C=O) groups is 1. The van der Waals surface area contributed by atoms with E-state index in [2.05, 4.69) is 39.8 Å². The third-order valence-electron chi connectivity index (χ3n) is 6.18. The molecule has 3 heteroatoms. The molecular weight excluding hydrogens is 360 g/mol. The Morgan fingerprint density at radius 2 is 1.62 bits per heavy atom. The predicted molar refractivity (Wildman–Crippen MR) is 118 cm³/mol. The molecule has 0 amide bonds. The molecule has 2 aromatic carbocycles. The van der Waals surface area contributed by atoms with Gasteiger partial charge in [-0.25, -0.2) is 4.79 Å². The molecule has 3 nitrogen and oxygen atoms in total. The van der Waals surface area contributed by atoms with Crippen molar-refractivity contribution in [3.8, 4) is 5.75 Å². The number of hydrogen-bond acceptors (Lipinski definition) is 3. The number of carbonyl (C=O) groups excluding carboxylic acids is 1. The van der Waals surface area contributed by atoms with Crippen LogP contribution in [-0.2, 0) is 22.2 Å². The topological polar surface area (TPSA) is 46.5 Å². The Bertz CT molecular complexity index is 917. The molecule has 0 atom stereocenters. The molecule has 0 heterocycles. The summed E-state index contributed by atoms with van der Waals surface area (Å²) in [5.74, 6) is 0.293. The number of aliphatic hydroxyl groups is 1. The fourth-order valence-corrected chi connectivity index (χ4v) is 4.03. The average Bonchev–Trinajstić information content (AvgIpc) is 2.70. The maximum atomic E-state index is 12.8. The molecule has 0 unspecified atom stereocenters. The van der Waals surface area contributed by atoms with Crippen LogP contribution in [0.2, 0.25) is 0 Å². The van der Waals surface area contributed by atoms with E-state index >= 15 is 0 Å². The molecule has 0 radical (unpaired) electrons. The van der Waals surface area contributed by atoms with Gasteiger partial charge in [0.25, 0.3) is 0 Å². The van der Waals surface area contributed by atoms with E-state index in [1.165, 1.54) is 11.1 Å². The number of aliphatic hydroxyl groups excluding tert-OH is 1. The number of benzene rings is 2. The van der Waals surface area contributed by atoms with Gasteiger partial charge in [0.1, 0.15) is 5.75 Å². The van der Waals surface area contributed by atoms with Crippen LogP contribution in [0.3, 0.4) is 0 Å².